The number of nitrogens with zero attached hydrogens (tertiary/aromatic N) is 2. The van der Waals surface area contributed by atoms with E-state index in [1.54, 1.807) is 0 Å². The van der Waals surface area contributed by atoms with E-state index in [9.17, 15) is 31.1 Å². The van der Waals surface area contributed by atoms with E-state index in [1.807, 2.05) is 84.9 Å². The second-order valence-electron chi connectivity index (χ2n) is 16.0. The first-order valence-electron chi connectivity index (χ1n) is 22.6. The normalized spacial score (nSPS) is 18.6. The van der Waals surface area contributed by atoms with Crippen molar-refractivity contribution in [1.82, 2.24) is 0 Å². The Balaban J connectivity index is 0.000000471. The van der Waals surface area contributed by atoms with Gasteiger partial charge in [-0.25, -0.2) is 6.57 Å². The molecule has 1 amide bonds. The summed E-state index contributed by atoms with van der Waals surface area (Å²) in [4.78, 5) is 47.8. The van der Waals surface area contributed by atoms with E-state index < -0.39 is 42.7 Å². The number of carbonyl (C=O) groups is 1. The van der Waals surface area contributed by atoms with Gasteiger partial charge >= 0.3 is 101 Å². The smallest absolute Gasteiger partial charge is 0.373 e. The molecule has 0 aliphatic carbocycles. The number of carbonyl (C=O) groups excluding carboxylic acids is 5. The van der Waals surface area contributed by atoms with Crippen LogP contribution in [0.1, 0.15) is 41.5 Å². The van der Waals surface area contributed by atoms with Crippen molar-refractivity contribution in [2.75, 3.05) is 58.2 Å². The van der Waals surface area contributed by atoms with Crippen molar-refractivity contribution >= 4 is 125 Å². The number of primary amides is 1. The second-order valence-corrected chi connectivity index (χ2v) is 25.5. The molecular formula is C53H51Br4Cl2F6IN4O9. The fraction of sp³-hybridized carbons (Fsp3) is 0.340. The van der Waals surface area contributed by atoms with Crippen molar-refractivity contribution < 1.29 is 69.3 Å². The van der Waals surface area contributed by atoms with Crippen LogP contribution < -0.4 is 11.5 Å². The topological polar surface area (TPSA) is 202 Å². The number of nitrogens with two attached hydrogens (primary N) is 2. The Bertz CT molecular complexity index is 2720. The maximum absolute atomic E-state index is 12.3. The summed E-state index contributed by atoms with van der Waals surface area (Å²) in [6.07, 6.45) is 3.36. The second kappa shape index (κ2) is 38.6. The number of nitriles is 1. The van der Waals surface area contributed by atoms with E-state index in [-0.39, 0.29) is 29.8 Å². The van der Waals surface area contributed by atoms with Gasteiger partial charge < -0.3 is 35.3 Å². The van der Waals surface area contributed by atoms with Gasteiger partial charge in [-0.05, 0) is 78.1 Å². The molecule has 0 saturated carbocycles. The summed E-state index contributed by atoms with van der Waals surface area (Å²) >= 11 is 18.7. The minimum absolute atomic E-state index is 0.243. The zero-order valence-electron chi connectivity index (χ0n) is 41.5. The number of amides is 1. The molecule has 3 saturated heterocycles. The van der Waals surface area contributed by atoms with Crippen LogP contribution in [0.3, 0.4) is 0 Å². The van der Waals surface area contributed by atoms with Crippen molar-refractivity contribution in [2.24, 2.45) is 11.5 Å². The number of alkyl halides is 10. The maximum Gasteiger partial charge on any atom is 0.373 e. The summed E-state index contributed by atoms with van der Waals surface area (Å²) in [7, 11) is 0. The van der Waals surface area contributed by atoms with Crippen molar-refractivity contribution in [2.45, 2.75) is 50.5 Å². The zero-order chi connectivity index (χ0) is 59.5. The van der Waals surface area contributed by atoms with Gasteiger partial charge in [-0.2, -0.15) is 24.4 Å². The van der Waals surface area contributed by atoms with Crippen LogP contribution in [0.5, 0.6) is 0 Å². The molecule has 3 fully saturated rings. The van der Waals surface area contributed by atoms with Gasteiger partial charge in [0.05, 0.1) is 56.3 Å². The quantitative estimate of drug-likeness (QED) is 0.0467. The first-order chi connectivity index (χ1) is 37.4. The predicted octanol–water partition coefficient (Wildman–Crippen LogP) is 13.8. The van der Waals surface area contributed by atoms with Crippen molar-refractivity contribution in [1.29, 1.82) is 5.26 Å². The Kier molecular flexibility index (Phi) is 35.6. The molecule has 0 spiro atoms. The molecule has 8 rings (SSSR count). The number of hydrogen-bond donors (Lipinski definition) is 2. The summed E-state index contributed by atoms with van der Waals surface area (Å²) in [5.41, 5.74) is 14.5. The van der Waals surface area contributed by atoms with Crippen molar-refractivity contribution in [3.05, 3.63) is 183 Å². The first-order valence-corrected chi connectivity index (χ1v) is 30.1. The molecule has 0 aromatic heterocycles. The molecule has 3 unspecified atom stereocenters. The third kappa shape index (κ3) is 26.6. The van der Waals surface area contributed by atoms with Crippen LogP contribution in [0, 0.1) is 21.5 Å². The Morgan fingerprint density at radius 1 is 0.671 bits per heavy atom. The molecule has 3 aliphatic heterocycles. The van der Waals surface area contributed by atoms with E-state index in [4.69, 9.17) is 79.9 Å². The third-order valence-corrected chi connectivity index (χ3v) is 17.4. The molecule has 0 bridgehead atoms. The summed E-state index contributed by atoms with van der Waals surface area (Å²) in [6, 6.07) is 39.3. The van der Waals surface area contributed by atoms with E-state index in [0.29, 0.717) is 58.4 Å². The largest absolute Gasteiger partial charge is 0.380 e. The van der Waals surface area contributed by atoms with Crippen molar-refractivity contribution in [3.63, 3.8) is 0 Å². The Morgan fingerprint density at radius 2 is 1.13 bits per heavy atom. The van der Waals surface area contributed by atoms with Crippen LogP contribution in [-0.4, -0.2) is 84.8 Å². The molecule has 26 heteroatoms. The number of rotatable bonds is 9. The molecule has 5 aromatic rings. The Labute approximate surface area is 504 Å². The van der Waals surface area contributed by atoms with Gasteiger partial charge in [0.1, 0.15) is 12.7 Å². The summed E-state index contributed by atoms with van der Waals surface area (Å²) in [5.74, 6) is 0.213. The Morgan fingerprint density at radius 3 is 1.52 bits per heavy atom. The van der Waals surface area contributed by atoms with Gasteiger partial charge in [0, 0.05) is 42.5 Å². The van der Waals surface area contributed by atoms with Crippen LogP contribution in [-0.2, 0) is 65.8 Å². The van der Waals surface area contributed by atoms with Gasteiger partial charge in [-0.1, -0.05) is 124 Å². The van der Waals surface area contributed by atoms with Gasteiger partial charge in [0.15, 0.2) is 0 Å². The molecule has 5 aromatic carbocycles. The molecule has 3 aliphatic rings. The van der Waals surface area contributed by atoms with Crippen LogP contribution in [0.2, 0.25) is 0 Å². The average Bonchev–Trinajstić information content (AvgIpc) is 4.22. The minimum Gasteiger partial charge on any atom is -0.380 e. The third-order valence-electron chi connectivity index (χ3n) is 10.7. The summed E-state index contributed by atoms with van der Waals surface area (Å²) in [5, 5.41) is 8.35. The van der Waals surface area contributed by atoms with E-state index in [2.05, 4.69) is 91.5 Å². The average molecular weight is 1520 g/mol. The van der Waals surface area contributed by atoms with Gasteiger partial charge in [-0.15, -0.1) is 11.6 Å². The summed E-state index contributed by atoms with van der Waals surface area (Å²) < 4.78 is 87.2. The molecule has 4 N–H and O–H groups in total. The zero-order valence-corrected chi connectivity index (χ0v) is 51.5. The van der Waals surface area contributed by atoms with E-state index >= 15 is 0 Å². The number of benzene rings is 5. The molecule has 428 valence electrons. The number of hydrogen-bond acceptors (Lipinski definition) is 11. The molecule has 3 heterocycles. The monoisotopic (exact) mass is 1510 g/mol. The molecular weight excluding hydrogens is 1470 g/mol. The molecule has 0 radical (unpaired) electrons. The van der Waals surface area contributed by atoms with Gasteiger partial charge in [0.2, 0.25) is 5.91 Å². The van der Waals surface area contributed by atoms with Crippen molar-refractivity contribution in [3.8, 4) is 6.07 Å². The number of halogens is 13. The van der Waals surface area contributed by atoms with Gasteiger partial charge in [-0.3, -0.25) is 4.79 Å². The van der Waals surface area contributed by atoms with Gasteiger partial charge in [0.25, 0.3) is 5.54 Å². The van der Waals surface area contributed by atoms with Crippen LogP contribution in [0.25, 0.3) is 4.85 Å². The fourth-order valence-electron chi connectivity index (χ4n) is 6.99. The van der Waals surface area contributed by atoms with E-state index in [1.165, 1.54) is 18.2 Å². The predicted molar refractivity (Wildman–Crippen MR) is 306 cm³/mol. The summed E-state index contributed by atoms with van der Waals surface area (Å²) in [6.45, 7) is 11.4. The molecule has 3 atom stereocenters. The first kappa shape index (κ1) is 72.9. The number of ether oxygens (including phenoxy) is 4. The Hall–Kier alpha value is -4.08. The standard InChI is InChI=1S/C11H12BrNO2.C11H10BrNO.C10H12BrNO.C8H6BrN.C8H5F6I.C3H6Cl2O.2CO2/c12-9-3-1-2-8(6-9)11(10(13)14)4-5-15-7-11;1-13-11(5-6-14-8-11)9-3-2-4-10(12)7-9;11-9-3-1-2-8(6-9)10(12)4-5-13-7-10;9-8-3-1-2-7(6-8)4-5-10;9-7(10,11)15(8(12,13)14)6-4-2-1-3-5-6;4-1-2-6-3-5;2*2-1-3/h1-3,6H,4-5,7H2,(H2,13,14);2-4,7H,5-6,8H2;1-3,6H,4-5,7,12H2;1-3,6H,4H2;1-5H;1-3H2;;. The van der Waals surface area contributed by atoms with Crippen LogP contribution in [0.15, 0.2) is 145 Å². The molecule has 13 nitrogen and oxygen atoms in total. The maximum atomic E-state index is 12.3. The minimum atomic E-state index is -5.17. The SMILES string of the molecule is ClCCOCCl.FC(F)(F)I(c1ccccc1)C(F)(F)F.N#CCc1cccc(Br)c1.NC(=O)C1(c2cccc(Br)c2)CCOC1.NC1(c2cccc(Br)c2)CCOC1.O=C=O.O=C=O.[C-]#[N+]C1(c2cccc(Br)c2)CCOC1. The van der Waals surface area contributed by atoms with Crippen LogP contribution >= 0.6 is 107 Å². The fourth-order valence-corrected chi connectivity index (χ4v) is 12.1. The van der Waals surface area contributed by atoms with E-state index in [0.717, 1.165) is 71.7 Å². The van der Waals surface area contributed by atoms with Crippen LogP contribution in [0.4, 0.5) is 26.3 Å². The molecule has 79 heavy (non-hydrogen) atoms.